The minimum Gasteiger partial charge on any atom is -0.462 e. The average molecular weight is 439 g/mol. The molecule has 0 rings (SSSR count). The molecule has 3 nitrogen and oxygen atoms in total. The van der Waals surface area contributed by atoms with Crippen molar-refractivity contribution in [1.82, 2.24) is 0 Å². The van der Waals surface area contributed by atoms with E-state index in [1.54, 1.807) is 0 Å². The van der Waals surface area contributed by atoms with Crippen LogP contribution >= 0.6 is 0 Å². The molecule has 184 valence electrons. The lowest BCUT2D eigenvalue weighted by molar-refractivity contribution is -0.150. The summed E-state index contributed by atoms with van der Waals surface area (Å²) >= 11 is 0. The number of aldehydes is 1. The van der Waals surface area contributed by atoms with Crippen LogP contribution in [0.5, 0.6) is 0 Å². The van der Waals surface area contributed by atoms with Gasteiger partial charge in [0.15, 0.2) is 0 Å². The maximum atomic E-state index is 12.5. The molecule has 0 spiro atoms. The van der Waals surface area contributed by atoms with Crippen molar-refractivity contribution in [2.24, 2.45) is 5.92 Å². The third-order valence-corrected chi connectivity index (χ3v) is 6.45. The number of carbonyl (C=O) groups excluding carboxylic acids is 2. The Kier molecular flexibility index (Phi) is 23.1. The number of hydrogen-bond donors (Lipinski definition) is 0. The van der Waals surface area contributed by atoms with E-state index in [9.17, 15) is 9.59 Å². The van der Waals surface area contributed by atoms with Gasteiger partial charge in [-0.25, -0.2) is 0 Å². The van der Waals surface area contributed by atoms with Crippen molar-refractivity contribution >= 4 is 12.3 Å². The van der Waals surface area contributed by atoms with Gasteiger partial charge in [0.2, 0.25) is 0 Å². The molecule has 0 aromatic rings. The van der Waals surface area contributed by atoms with E-state index in [0.717, 1.165) is 44.8 Å². The predicted molar refractivity (Wildman–Crippen MR) is 133 cm³/mol. The monoisotopic (exact) mass is 438 g/mol. The van der Waals surface area contributed by atoms with Crippen LogP contribution < -0.4 is 0 Å². The van der Waals surface area contributed by atoms with E-state index in [2.05, 4.69) is 20.8 Å². The molecule has 0 fully saturated rings. The third-order valence-electron chi connectivity index (χ3n) is 6.45. The van der Waals surface area contributed by atoms with Gasteiger partial charge in [-0.05, 0) is 50.9 Å². The molecule has 1 atom stereocenters. The molecule has 0 N–H and O–H groups in total. The molecule has 0 heterocycles. The largest absolute Gasteiger partial charge is 0.462 e. The summed E-state index contributed by atoms with van der Waals surface area (Å²) in [7, 11) is 0. The Labute approximate surface area is 194 Å². The van der Waals surface area contributed by atoms with Gasteiger partial charge in [-0.1, -0.05) is 97.8 Å². The molecule has 0 amide bonds. The molecular weight excluding hydrogens is 384 g/mol. The van der Waals surface area contributed by atoms with Crippen LogP contribution in [0.25, 0.3) is 0 Å². The molecule has 0 aliphatic heterocycles. The second kappa shape index (κ2) is 23.8. The number of carbonyl (C=O) groups is 2. The summed E-state index contributed by atoms with van der Waals surface area (Å²) in [5.74, 6) is 0.662. The van der Waals surface area contributed by atoms with Crippen LogP contribution in [-0.4, -0.2) is 18.4 Å². The zero-order valence-electron chi connectivity index (χ0n) is 21.3. The Morgan fingerprint density at radius 1 is 0.645 bits per heavy atom. The van der Waals surface area contributed by atoms with Gasteiger partial charge in [-0.2, -0.15) is 0 Å². The highest BCUT2D eigenvalue weighted by Gasteiger charge is 2.15. The topological polar surface area (TPSA) is 43.4 Å². The van der Waals surface area contributed by atoms with Crippen LogP contribution in [0.2, 0.25) is 0 Å². The van der Waals surface area contributed by atoms with Gasteiger partial charge in [0, 0.05) is 12.8 Å². The van der Waals surface area contributed by atoms with Crippen molar-refractivity contribution < 1.29 is 14.3 Å². The number of unbranched alkanes of at least 4 members (excludes halogenated alkanes) is 10. The first kappa shape index (κ1) is 30.1. The molecule has 0 aromatic carbocycles. The van der Waals surface area contributed by atoms with Crippen LogP contribution in [0.4, 0.5) is 0 Å². The number of hydrogen-bond acceptors (Lipinski definition) is 3. The Bertz CT molecular complexity index is 380. The highest BCUT2D eigenvalue weighted by Crippen LogP contribution is 2.23. The third kappa shape index (κ3) is 20.8. The van der Waals surface area contributed by atoms with Gasteiger partial charge in [-0.15, -0.1) is 0 Å². The molecule has 0 radical (unpaired) electrons. The summed E-state index contributed by atoms with van der Waals surface area (Å²) in [5, 5.41) is 0. The smallest absolute Gasteiger partial charge is 0.306 e. The van der Waals surface area contributed by atoms with Crippen LogP contribution in [-0.2, 0) is 14.3 Å². The lowest BCUT2D eigenvalue weighted by Gasteiger charge is -2.19. The molecule has 0 saturated heterocycles. The SMILES string of the molecule is CCCCCCCC(CCCCCCC)OC(=O)CCCC(CCCC)CCCC=O. The van der Waals surface area contributed by atoms with Gasteiger partial charge < -0.3 is 9.53 Å². The number of ether oxygens (including phenoxy) is 1. The van der Waals surface area contributed by atoms with Crippen LogP contribution in [0.3, 0.4) is 0 Å². The van der Waals surface area contributed by atoms with Crippen molar-refractivity contribution in [2.75, 3.05) is 0 Å². The van der Waals surface area contributed by atoms with E-state index in [1.807, 2.05) is 0 Å². The molecule has 0 aliphatic carbocycles. The fourth-order valence-corrected chi connectivity index (χ4v) is 4.41. The highest BCUT2D eigenvalue weighted by atomic mass is 16.5. The summed E-state index contributed by atoms with van der Waals surface area (Å²) in [4.78, 5) is 23.1. The van der Waals surface area contributed by atoms with E-state index in [0.29, 0.717) is 18.8 Å². The molecule has 1 unspecified atom stereocenters. The van der Waals surface area contributed by atoms with Crippen LogP contribution in [0.15, 0.2) is 0 Å². The first-order chi connectivity index (χ1) is 15.2. The van der Waals surface area contributed by atoms with Crippen LogP contribution in [0.1, 0.15) is 156 Å². The van der Waals surface area contributed by atoms with E-state index in [4.69, 9.17) is 4.74 Å². The molecular formula is C28H54O3. The standard InChI is InChI=1S/C28H54O3/c1-4-7-10-12-14-22-27(23-15-13-11-8-5-2)31-28(30)24-18-21-26(19-9-6-3)20-16-17-25-29/h25-27H,4-24H2,1-3H3. The van der Waals surface area contributed by atoms with Crippen molar-refractivity contribution in [2.45, 2.75) is 162 Å². The highest BCUT2D eigenvalue weighted by molar-refractivity contribution is 5.69. The summed E-state index contributed by atoms with van der Waals surface area (Å²) in [6.45, 7) is 6.72. The van der Waals surface area contributed by atoms with E-state index >= 15 is 0 Å². The summed E-state index contributed by atoms with van der Waals surface area (Å²) in [6.07, 6.45) is 24.9. The summed E-state index contributed by atoms with van der Waals surface area (Å²) in [5.41, 5.74) is 0. The lowest BCUT2D eigenvalue weighted by Crippen LogP contribution is -2.18. The molecule has 0 aliphatic rings. The predicted octanol–water partition coefficient (Wildman–Crippen LogP) is 8.97. The number of rotatable bonds is 24. The van der Waals surface area contributed by atoms with Gasteiger partial charge in [0.05, 0.1) is 0 Å². The first-order valence-corrected chi connectivity index (χ1v) is 13.8. The Morgan fingerprint density at radius 2 is 1.16 bits per heavy atom. The molecule has 0 aromatic heterocycles. The van der Waals surface area contributed by atoms with Crippen molar-refractivity contribution in [3.63, 3.8) is 0 Å². The van der Waals surface area contributed by atoms with E-state index in [-0.39, 0.29) is 12.1 Å². The van der Waals surface area contributed by atoms with Crippen LogP contribution in [0, 0.1) is 5.92 Å². The minimum atomic E-state index is 0.00856. The summed E-state index contributed by atoms with van der Waals surface area (Å²) in [6, 6.07) is 0. The maximum absolute atomic E-state index is 12.5. The van der Waals surface area contributed by atoms with Gasteiger partial charge in [-0.3, -0.25) is 4.79 Å². The normalized spacial score (nSPS) is 12.3. The molecule has 3 heteroatoms. The minimum absolute atomic E-state index is 0.00856. The second-order valence-corrected chi connectivity index (χ2v) is 9.52. The van der Waals surface area contributed by atoms with Crippen molar-refractivity contribution in [1.29, 1.82) is 0 Å². The van der Waals surface area contributed by atoms with Crippen molar-refractivity contribution in [3.8, 4) is 0 Å². The quantitative estimate of drug-likeness (QED) is 0.0857. The lowest BCUT2D eigenvalue weighted by atomic mass is 9.91. The van der Waals surface area contributed by atoms with Crippen molar-refractivity contribution in [3.05, 3.63) is 0 Å². The van der Waals surface area contributed by atoms with E-state index in [1.165, 1.54) is 83.5 Å². The zero-order chi connectivity index (χ0) is 23.0. The average Bonchev–Trinajstić information content (AvgIpc) is 2.76. The second-order valence-electron chi connectivity index (χ2n) is 9.52. The fraction of sp³-hybridized carbons (Fsp3) is 0.929. The Morgan fingerprint density at radius 3 is 1.71 bits per heavy atom. The fourth-order valence-electron chi connectivity index (χ4n) is 4.41. The van der Waals surface area contributed by atoms with Gasteiger partial charge in [0.25, 0.3) is 0 Å². The van der Waals surface area contributed by atoms with E-state index < -0.39 is 0 Å². The zero-order valence-corrected chi connectivity index (χ0v) is 21.3. The molecule has 0 bridgehead atoms. The number of esters is 1. The maximum Gasteiger partial charge on any atom is 0.306 e. The first-order valence-electron chi connectivity index (χ1n) is 13.8. The molecule has 0 saturated carbocycles. The van der Waals surface area contributed by atoms with Gasteiger partial charge in [0.1, 0.15) is 12.4 Å². The van der Waals surface area contributed by atoms with Gasteiger partial charge >= 0.3 is 5.97 Å². The molecule has 31 heavy (non-hydrogen) atoms. The Hall–Kier alpha value is -0.860. The summed E-state index contributed by atoms with van der Waals surface area (Å²) < 4.78 is 5.94. The Balaban J connectivity index is 4.29.